The van der Waals surface area contributed by atoms with Gasteiger partial charge in [0.25, 0.3) is 0 Å². The maximum atomic E-state index is 8.85. The van der Waals surface area contributed by atoms with Crippen LogP contribution in [0, 0.1) is 11.8 Å². The lowest BCUT2D eigenvalue weighted by Gasteiger charge is -2.20. The second kappa shape index (κ2) is 8.25. The molecule has 0 aliphatic carbocycles. The minimum Gasteiger partial charge on any atom is -0.396 e. The molecule has 2 unspecified atom stereocenters. The Hall–Kier alpha value is -0.0800. The maximum Gasteiger partial charge on any atom is 0.0434 e. The summed E-state index contributed by atoms with van der Waals surface area (Å²) >= 11 is 0. The normalized spacial score (nSPS) is 15.9. The average Bonchev–Trinajstić information content (AvgIpc) is 2.11. The van der Waals surface area contributed by atoms with Crippen LogP contribution in [0.5, 0.6) is 0 Å². The molecule has 0 aromatic rings. The van der Waals surface area contributed by atoms with Crippen LogP contribution < -0.4 is 5.32 Å². The number of hydrogen-bond donors (Lipinski definition) is 2. The van der Waals surface area contributed by atoms with Crippen molar-refractivity contribution < 1.29 is 5.11 Å². The Morgan fingerprint density at radius 2 is 1.86 bits per heavy atom. The molecular formula is C12H27NO. The van der Waals surface area contributed by atoms with Gasteiger partial charge in [0.1, 0.15) is 0 Å². The van der Waals surface area contributed by atoms with Gasteiger partial charge in [-0.1, -0.05) is 27.2 Å². The molecule has 0 saturated carbocycles. The fourth-order valence-corrected chi connectivity index (χ4v) is 1.79. The van der Waals surface area contributed by atoms with Gasteiger partial charge in [0.2, 0.25) is 0 Å². The standard InChI is InChI=1S/C12H27NO/c1-5-12(6-7-14)9-13-11(4)8-10(2)3/h10-14H,5-9H2,1-4H3. The van der Waals surface area contributed by atoms with Crippen LogP contribution in [0.1, 0.15) is 47.0 Å². The average molecular weight is 201 g/mol. The minimum absolute atomic E-state index is 0.318. The highest BCUT2D eigenvalue weighted by molar-refractivity contribution is 4.66. The Morgan fingerprint density at radius 3 is 2.29 bits per heavy atom. The van der Waals surface area contributed by atoms with Crippen molar-refractivity contribution in [3.63, 3.8) is 0 Å². The minimum atomic E-state index is 0.318. The Morgan fingerprint density at radius 1 is 1.21 bits per heavy atom. The molecule has 0 heterocycles. The highest BCUT2D eigenvalue weighted by atomic mass is 16.3. The van der Waals surface area contributed by atoms with Crippen molar-refractivity contribution in [2.24, 2.45) is 11.8 Å². The van der Waals surface area contributed by atoms with E-state index >= 15 is 0 Å². The fourth-order valence-electron chi connectivity index (χ4n) is 1.79. The van der Waals surface area contributed by atoms with Crippen LogP contribution in [0.3, 0.4) is 0 Å². The van der Waals surface area contributed by atoms with Crippen LogP contribution in [0.15, 0.2) is 0 Å². The molecular weight excluding hydrogens is 174 g/mol. The van der Waals surface area contributed by atoms with E-state index in [-0.39, 0.29) is 0 Å². The summed E-state index contributed by atoms with van der Waals surface area (Å²) in [7, 11) is 0. The number of rotatable bonds is 8. The maximum absolute atomic E-state index is 8.85. The summed E-state index contributed by atoms with van der Waals surface area (Å²) in [6.07, 6.45) is 3.31. The molecule has 0 aromatic carbocycles. The van der Waals surface area contributed by atoms with Crippen molar-refractivity contribution in [1.82, 2.24) is 5.32 Å². The molecule has 2 heteroatoms. The molecule has 2 N–H and O–H groups in total. The third-order valence-electron chi connectivity index (χ3n) is 2.69. The zero-order chi connectivity index (χ0) is 11.0. The van der Waals surface area contributed by atoms with Gasteiger partial charge in [-0.25, -0.2) is 0 Å². The van der Waals surface area contributed by atoms with Gasteiger partial charge < -0.3 is 10.4 Å². The summed E-state index contributed by atoms with van der Waals surface area (Å²) in [6.45, 7) is 10.3. The Kier molecular flexibility index (Phi) is 8.20. The molecule has 0 bridgehead atoms. The van der Waals surface area contributed by atoms with E-state index < -0.39 is 0 Å². The summed E-state index contributed by atoms with van der Waals surface area (Å²) in [6, 6.07) is 0.600. The van der Waals surface area contributed by atoms with Crippen molar-refractivity contribution in [2.75, 3.05) is 13.2 Å². The Balaban J connectivity index is 3.56. The van der Waals surface area contributed by atoms with E-state index in [9.17, 15) is 0 Å². The lowest BCUT2D eigenvalue weighted by atomic mass is 10.0. The molecule has 2 atom stereocenters. The zero-order valence-electron chi connectivity index (χ0n) is 10.2. The first kappa shape index (κ1) is 13.9. The molecule has 14 heavy (non-hydrogen) atoms. The fraction of sp³-hybridized carbons (Fsp3) is 1.00. The quantitative estimate of drug-likeness (QED) is 0.632. The van der Waals surface area contributed by atoms with Crippen LogP contribution in [0.2, 0.25) is 0 Å². The molecule has 2 nitrogen and oxygen atoms in total. The first-order chi connectivity index (χ1) is 6.60. The summed E-state index contributed by atoms with van der Waals surface area (Å²) in [5.74, 6) is 1.39. The van der Waals surface area contributed by atoms with Crippen LogP contribution in [-0.2, 0) is 0 Å². The van der Waals surface area contributed by atoms with E-state index in [1.165, 1.54) is 6.42 Å². The van der Waals surface area contributed by atoms with Gasteiger partial charge in [-0.2, -0.15) is 0 Å². The summed E-state index contributed by atoms with van der Waals surface area (Å²) in [4.78, 5) is 0. The zero-order valence-corrected chi connectivity index (χ0v) is 10.2. The van der Waals surface area contributed by atoms with Gasteiger partial charge in [-0.05, 0) is 38.1 Å². The van der Waals surface area contributed by atoms with Crippen molar-refractivity contribution >= 4 is 0 Å². The number of aliphatic hydroxyl groups is 1. The van der Waals surface area contributed by atoms with Gasteiger partial charge in [0, 0.05) is 12.6 Å². The van der Waals surface area contributed by atoms with Crippen molar-refractivity contribution in [2.45, 2.75) is 53.0 Å². The molecule has 0 fully saturated rings. The van der Waals surface area contributed by atoms with Gasteiger partial charge >= 0.3 is 0 Å². The van der Waals surface area contributed by atoms with E-state index in [0.29, 0.717) is 18.6 Å². The van der Waals surface area contributed by atoms with E-state index in [2.05, 4.69) is 33.0 Å². The van der Waals surface area contributed by atoms with E-state index in [0.717, 1.165) is 25.3 Å². The Bertz CT molecular complexity index is 125. The van der Waals surface area contributed by atoms with E-state index in [1.807, 2.05) is 0 Å². The second-order valence-corrected chi connectivity index (χ2v) is 4.73. The monoisotopic (exact) mass is 201 g/mol. The SMILES string of the molecule is CCC(CCO)CNC(C)CC(C)C. The van der Waals surface area contributed by atoms with Gasteiger partial charge in [0.15, 0.2) is 0 Å². The molecule has 0 amide bonds. The Labute approximate surface area is 89.1 Å². The highest BCUT2D eigenvalue weighted by Gasteiger charge is 2.08. The predicted molar refractivity (Wildman–Crippen MR) is 62.4 cm³/mol. The van der Waals surface area contributed by atoms with Gasteiger partial charge in [0.05, 0.1) is 0 Å². The summed E-state index contributed by atoms with van der Waals surface area (Å²) in [5, 5.41) is 12.4. The molecule has 0 aliphatic heterocycles. The molecule has 0 aromatic heterocycles. The second-order valence-electron chi connectivity index (χ2n) is 4.73. The third-order valence-corrected chi connectivity index (χ3v) is 2.69. The lowest BCUT2D eigenvalue weighted by Crippen LogP contribution is -2.32. The van der Waals surface area contributed by atoms with E-state index in [1.54, 1.807) is 0 Å². The van der Waals surface area contributed by atoms with Gasteiger partial charge in [-0.15, -0.1) is 0 Å². The topological polar surface area (TPSA) is 32.3 Å². The molecule has 0 radical (unpaired) electrons. The first-order valence-electron chi connectivity index (χ1n) is 5.94. The van der Waals surface area contributed by atoms with Crippen molar-refractivity contribution in [1.29, 1.82) is 0 Å². The van der Waals surface area contributed by atoms with Crippen LogP contribution in [-0.4, -0.2) is 24.3 Å². The van der Waals surface area contributed by atoms with Crippen molar-refractivity contribution in [3.05, 3.63) is 0 Å². The number of nitrogens with one attached hydrogen (secondary N) is 1. The van der Waals surface area contributed by atoms with Crippen molar-refractivity contribution in [3.8, 4) is 0 Å². The van der Waals surface area contributed by atoms with E-state index in [4.69, 9.17) is 5.11 Å². The largest absolute Gasteiger partial charge is 0.396 e. The molecule has 86 valence electrons. The predicted octanol–water partition coefficient (Wildman–Crippen LogP) is 2.42. The lowest BCUT2D eigenvalue weighted by molar-refractivity contribution is 0.247. The van der Waals surface area contributed by atoms with Crippen LogP contribution >= 0.6 is 0 Å². The molecule has 0 saturated heterocycles. The molecule has 0 aliphatic rings. The number of hydrogen-bond acceptors (Lipinski definition) is 2. The first-order valence-corrected chi connectivity index (χ1v) is 5.94. The van der Waals surface area contributed by atoms with Crippen LogP contribution in [0.25, 0.3) is 0 Å². The van der Waals surface area contributed by atoms with Gasteiger partial charge in [-0.3, -0.25) is 0 Å². The summed E-state index contributed by atoms with van der Waals surface area (Å²) < 4.78 is 0. The van der Waals surface area contributed by atoms with Crippen LogP contribution in [0.4, 0.5) is 0 Å². The summed E-state index contributed by atoms with van der Waals surface area (Å²) in [5.41, 5.74) is 0. The molecule has 0 rings (SSSR count). The smallest absolute Gasteiger partial charge is 0.0434 e. The third kappa shape index (κ3) is 7.34. The number of aliphatic hydroxyl groups excluding tert-OH is 1. The highest BCUT2D eigenvalue weighted by Crippen LogP contribution is 2.08. The molecule has 0 spiro atoms.